The van der Waals surface area contributed by atoms with Gasteiger partial charge in [0.1, 0.15) is 28.5 Å². The minimum atomic E-state index is -0.274. The first-order valence-corrected chi connectivity index (χ1v) is 10.1. The Kier molecular flexibility index (Phi) is 4.11. The van der Waals surface area contributed by atoms with Crippen molar-refractivity contribution in [3.8, 4) is 5.75 Å². The molecule has 0 radical (unpaired) electrons. The fourth-order valence-electron chi connectivity index (χ4n) is 4.22. The topological polar surface area (TPSA) is 41.5 Å². The van der Waals surface area contributed by atoms with Gasteiger partial charge in [-0.05, 0) is 37.0 Å². The highest BCUT2D eigenvalue weighted by atomic mass is 32.1. The van der Waals surface area contributed by atoms with Crippen molar-refractivity contribution in [1.29, 1.82) is 0 Å². The Balaban J connectivity index is 1.41. The number of methoxy groups -OCH3 is 1. The van der Waals surface area contributed by atoms with Crippen LogP contribution >= 0.6 is 11.3 Å². The normalized spacial score (nSPS) is 16.8. The molecule has 27 heavy (non-hydrogen) atoms. The molecule has 140 valence electrons. The summed E-state index contributed by atoms with van der Waals surface area (Å²) >= 11 is 1.83. The number of hydrogen-bond donors (Lipinski definition) is 0. The SMILES string of the molecule is COc1cc(F)ccc1N1CCN(c2ncnc3sc4c(c23)CCC4)CC1. The number of rotatable bonds is 3. The lowest BCUT2D eigenvalue weighted by Crippen LogP contribution is -2.47. The van der Waals surface area contributed by atoms with Gasteiger partial charge < -0.3 is 14.5 Å². The van der Waals surface area contributed by atoms with Gasteiger partial charge in [-0.15, -0.1) is 11.3 Å². The van der Waals surface area contributed by atoms with Gasteiger partial charge in [-0.25, -0.2) is 14.4 Å². The molecule has 7 heteroatoms. The highest BCUT2D eigenvalue weighted by Crippen LogP contribution is 2.40. The van der Waals surface area contributed by atoms with Crippen molar-refractivity contribution in [1.82, 2.24) is 9.97 Å². The number of benzene rings is 1. The van der Waals surface area contributed by atoms with E-state index in [1.807, 2.05) is 11.3 Å². The van der Waals surface area contributed by atoms with E-state index in [9.17, 15) is 4.39 Å². The van der Waals surface area contributed by atoms with Gasteiger partial charge >= 0.3 is 0 Å². The van der Waals surface area contributed by atoms with E-state index in [1.54, 1.807) is 19.5 Å². The smallest absolute Gasteiger partial charge is 0.145 e. The summed E-state index contributed by atoms with van der Waals surface area (Å²) in [6, 6.07) is 4.75. The molecule has 3 aromatic rings. The van der Waals surface area contributed by atoms with Crippen LogP contribution in [0, 0.1) is 5.82 Å². The van der Waals surface area contributed by atoms with Crippen molar-refractivity contribution in [2.75, 3.05) is 43.1 Å². The second kappa shape index (κ2) is 6.64. The predicted octanol–water partition coefficient (Wildman–Crippen LogP) is 3.65. The van der Waals surface area contributed by atoms with Crippen LogP contribution in [0.1, 0.15) is 16.9 Å². The van der Waals surface area contributed by atoms with Gasteiger partial charge in [-0.1, -0.05) is 0 Å². The van der Waals surface area contributed by atoms with Crippen LogP contribution in [0.3, 0.4) is 0 Å². The molecule has 0 saturated carbocycles. The maximum atomic E-state index is 13.5. The number of piperazine rings is 1. The van der Waals surface area contributed by atoms with Crippen molar-refractivity contribution in [3.05, 3.63) is 40.8 Å². The van der Waals surface area contributed by atoms with Gasteiger partial charge in [0.25, 0.3) is 0 Å². The van der Waals surface area contributed by atoms with E-state index in [0.29, 0.717) is 5.75 Å². The van der Waals surface area contributed by atoms with Crippen LogP contribution in [-0.2, 0) is 12.8 Å². The van der Waals surface area contributed by atoms with Crippen LogP contribution in [0.2, 0.25) is 0 Å². The Morgan fingerprint density at radius 2 is 1.89 bits per heavy atom. The first kappa shape index (κ1) is 16.7. The Bertz CT molecular complexity index is 997. The summed E-state index contributed by atoms with van der Waals surface area (Å²) < 4.78 is 18.9. The summed E-state index contributed by atoms with van der Waals surface area (Å²) in [5.74, 6) is 1.39. The molecule has 5 nitrogen and oxygen atoms in total. The molecule has 1 fully saturated rings. The second-order valence-electron chi connectivity index (χ2n) is 7.03. The number of halogens is 1. The number of aryl methyl sites for hydroxylation is 2. The number of fused-ring (bicyclic) bond motifs is 3. The van der Waals surface area contributed by atoms with E-state index in [1.165, 1.54) is 40.8 Å². The largest absolute Gasteiger partial charge is 0.494 e. The molecule has 3 heterocycles. The van der Waals surface area contributed by atoms with Gasteiger partial charge in [-0.3, -0.25) is 0 Å². The monoisotopic (exact) mass is 384 g/mol. The number of ether oxygens (including phenoxy) is 1. The Morgan fingerprint density at radius 1 is 1.07 bits per heavy atom. The van der Waals surface area contributed by atoms with E-state index in [0.717, 1.165) is 48.9 Å². The second-order valence-corrected chi connectivity index (χ2v) is 8.11. The molecule has 1 aliphatic heterocycles. The number of aromatic nitrogens is 2. The minimum absolute atomic E-state index is 0.274. The predicted molar refractivity (Wildman–Crippen MR) is 107 cm³/mol. The molecule has 5 rings (SSSR count). The van der Waals surface area contributed by atoms with Crippen molar-refractivity contribution in [2.24, 2.45) is 0 Å². The maximum absolute atomic E-state index is 13.5. The molecule has 0 atom stereocenters. The summed E-state index contributed by atoms with van der Waals surface area (Å²) in [4.78, 5) is 16.4. The molecular weight excluding hydrogens is 363 g/mol. The molecule has 2 aromatic heterocycles. The van der Waals surface area contributed by atoms with Crippen LogP contribution < -0.4 is 14.5 Å². The molecule has 0 unspecified atom stereocenters. The molecule has 2 aliphatic rings. The van der Waals surface area contributed by atoms with Crippen LogP contribution in [0.4, 0.5) is 15.9 Å². The van der Waals surface area contributed by atoms with E-state index >= 15 is 0 Å². The third-order valence-electron chi connectivity index (χ3n) is 5.54. The van der Waals surface area contributed by atoms with Gasteiger partial charge in [0.2, 0.25) is 0 Å². The van der Waals surface area contributed by atoms with E-state index in [-0.39, 0.29) is 5.82 Å². The average Bonchev–Trinajstić information content (AvgIpc) is 3.29. The Hall–Kier alpha value is -2.41. The molecule has 1 saturated heterocycles. The van der Waals surface area contributed by atoms with Crippen LogP contribution in [-0.4, -0.2) is 43.3 Å². The number of hydrogen-bond acceptors (Lipinski definition) is 6. The standard InChI is InChI=1S/C20H21FN4OS/c1-26-16-11-13(21)5-6-15(16)24-7-9-25(10-8-24)19-18-14-3-2-4-17(14)27-20(18)23-12-22-19/h5-6,11-12H,2-4,7-10H2,1H3. The number of thiophene rings is 1. The van der Waals surface area contributed by atoms with Crippen molar-refractivity contribution >= 4 is 33.1 Å². The lowest BCUT2D eigenvalue weighted by Gasteiger charge is -2.37. The summed E-state index contributed by atoms with van der Waals surface area (Å²) in [5.41, 5.74) is 2.41. The number of nitrogens with zero attached hydrogens (tertiary/aromatic N) is 4. The Morgan fingerprint density at radius 3 is 2.70 bits per heavy atom. The van der Waals surface area contributed by atoms with E-state index < -0.39 is 0 Å². The zero-order valence-corrected chi connectivity index (χ0v) is 16.1. The zero-order chi connectivity index (χ0) is 18.4. The van der Waals surface area contributed by atoms with E-state index in [2.05, 4.69) is 19.8 Å². The molecule has 0 N–H and O–H groups in total. The maximum Gasteiger partial charge on any atom is 0.145 e. The fourth-order valence-corrected chi connectivity index (χ4v) is 5.45. The van der Waals surface area contributed by atoms with Crippen molar-refractivity contribution in [2.45, 2.75) is 19.3 Å². The minimum Gasteiger partial charge on any atom is -0.494 e. The van der Waals surface area contributed by atoms with Gasteiger partial charge in [0.15, 0.2) is 0 Å². The highest BCUT2D eigenvalue weighted by Gasteiger charge is 2.26. The third kappa shape index (κ3) is 2.81. The highest BCUT2D eigenvalue weighted by molar-refractivity contribution is 7.19. The fraction of sp³-hybridized carbons (Fsp3) is 0.400. The van der Waals surface area contributed by atoms with Gasteiger partial charge in [0, 0.05) is 37.1 Å². The van der Waals surface area contributed by atoms with Crippen LogP contribution in [0.25, 0.3) is 10.2 Å². The lowest BCUT2D eigenvalue weighted by atomic mass is 10.1. The zero-order valence-electron chi connectivity index (χ0n) is 15.2. The molecule has 0 bridgehead atoms. The Labute approximate surface area is 161 Å². The third-order valence-corrected chi connectivity index (χ3v) is 6.74. The molecule has 0 amide bonds. The van der Waals surface area contributed by atoms with Gasteiger partial charge in [-0.2, -0.15) is 0 Å². The quantitative estimate of drug-likeness (QED) is 0.689. The van der Waals surface area contributed by atoms with E-state index in [4.69, 9.17) is 4.74 Å². The lowest BCUT2D eigenvalue weighted by molar-refractivity contribution is 0.410. The van der Waals surface area contributed by atoms with Gasteiger partial charge in [0.05, 0.1) is 18.2 Å². The van der Waals surface area contributed by atoms with Crippen LogP contribution in [0.15, 0.2) is 24.5 Å². The molecule has 1 aromatic carbocycles. The first-order valence-electron chi connectivity index (χ1n) is 9.33. The number of anilines is 2. The molecule has 1 aliphatic carbocycles. The summed E-state index contributed by atoms with van der Waals surface area (Å²) in [6.07, 6.45) is 5.25. The van der Waals surface area contributed by atoms with Crippen molar-refractivity contribution in [3.63, 3.8) is 0 Å². The molecule has 0 spiro atoms. The van der Waals surface area contributed by atoms with Crippen LogP contribution in [0.5, 0.6) is 5.75 Å². The summed E-state index contributed by atoms with van der Waals surface area (Å²) in [6.45, 7) is 3.44. The van der Waals surface area contributed by atoms with Crippen molar-refractivity contribution < 1.29 is 9.13 Å². The first-order chi connectivity index (χ1) is 13.2. The summed E-state index contributed by atoms with van der Waals surface area (Å²) in [7, 11) is 1.59. The molecular formula is C20H21FN4OS. The average molecular weight is 384 g/mol. The summed E-state index contributed by atoms with van der Waals surface area (Å²) in [5, 5.41) is 1.27.